The molecular formula is C25H27FN4O4. The number of fused-ring (bicyclic) bond motifs is 1. The quantitative estimate of drug-likeness (QED) is 0.693. The normalized spacial score (nSPS) is 21.6. The fourth-order valence-electron chi connectivity index (χ4n) is 5.41. The van der Waals surface area contributed by atoms with Crippen LogP contribution in [0.1, 0.15) is 58.8 Å². The van der Waals surface area contributed by atoms with Crippen molar-refractivity contribution in [3.05, 3.63) is 68.9 Å². The minimum absolute atomic E-state index is 0.0343. The van der Waals surface area contributed by atoms with Crippen LogP contribution in [0.25, 0.3) is 0 Å². The van der Waals surface area contributed by atoms with Gasteiger partial charge in [0.15, 0.2) is 0 Å². The first-order valence-corrected chi connectivity index (χ1v) is 11.7. The van der Waals surface area contributed by atoms with Crippen molar-refractivity contribution in [2.45, 2.75) is 50.7 Å². The summed E-state index contributed by atoms with van der Waals surface area (Å²) in [6.07, 6.45) is 2.08. The van der Waals surface area contributed by atoms with E-state index in [2.05, 4.69) is 10.2 Å². The first kappa shape index (κ1) is 22.5. The number of hydrogen-bond acceptors (Lipinski definition) is 5. The molecule has 1 aromatic heterocycles. The number of carbonyl (C=O) groups is 3. The van der Waals surface area contributed by atoms with Gasteiger partial charge in [-0.05, 0) is 67.6 Å². The molecule has 9 heteroatoms. The molecule has 2 fully saturated rings. The summed E-state index contributed by atoms with van der Waals surface area (Å²) in [6, 6.07) is 7.33. The van der Waals surface area contributed by atoms with Crippen molar-refractivity contribution in [3.63, 3.8) is 0 Å². The van der Waals surface area contributed by atoms with Gasteiger partial charge in [0.05, 0.1) is 0 Å². The van der Waals surface area contributed by atoms with Crippen LogP contribution < -0.4 is 10.9 Å². The maximum atomic E-state index is 14.6. The lowest BCUT2D eigenvalue weighted by Gasteiger charge is -2.33. The van der Waals surface area contributed by atoms with Gasteiger partial charge in [0.2, 0.25) is 17.4 Å². The van der Waals surface area contributed by atoms with Crippen LogP contribution >= 0.6 is 0 Å². The van der Waals surface area contributed by atoms with Crippen molar-refractivity contribution < 1.29 is 18.8 Å². The van der Waals surface area contributed by atoms with Gasteiger partial charge in [-0.15, -0.1) is 0 Å². The number of piperidine rings is 2. The number of pyridine rings is 1. The van der Waals surface area contributed by atoms with Crippen molar-refractivity contribution in [1.29, 1.82) is 0 Å². The molecule has 3 amide bonds. The number of amides is 3. The van der Waals surface area contributed by atoms with E-state index in [1.54, 1.807) is 23.7 Å². The molecular weight excluding hydrogens is 439 g/mol. The molecule has 0 bridgehead atoms. The Morgan fingerprint density at radius 3 is 2.56 bits per heavy atom. The van der Waals surface area contributed by atoms with Crippen molar-refractivity contribution in [1.82, 2.24) is 19.7 Å². The van der Waals surface area contributed by atoms with Crippen LogP contribution in [0.4, 0.5) is 4.39 Å². The number of aromatic nitrogens is 1. The lowest BCUT2D eigenvalue weighted by Crippen LogP contribution is -2.52. The Kier molecular flexibility index (Phi) is 5.81. The highest BCUT2D eigenvalue weighted by Crippen LogP contribution is 2.37. The summed E-state index contributed by atoms with van der Waals surface area (Å²) in [5.41, 5.74) is 2.86. The average molecular weight is 467 g/mol. The van der Waals surface area contributed by atoms with Gasteiger partial charge >= 0.3 is 0 Å². The number of halogens is 1. The number of nitrogens with zero attached hydrogens (tertiary/aromatic N) is 3. The molecule has 0 aliphatic carbocycles. The highest BCUT2D eigenvalue weighted by atomic mass is 19.1. The minimum atomic E-state index is -0.715. The molecule has 8 nitrogen and oxygen atoms in total. The molecule has 3 aliphatic heterocycles. The molecule has 0 saturated carbocycles. The van der Waals surface area contributed by atoms with Crippen molar-refractivity contribution >= 4 is 17.7 Å². The van der Waals surface area contributed by atoms with Crippen LogP contribution in [-0.2, 0) is 29.7 Å². The van der Waals surface area contributed by atoms with Crippen molar-refractivity contribution in [3.8, 4) is 0 Å². The van der Waals surface area contributed by atoms with E-state index in [0.29, 0.717) is 12.1 Å². The summed E-state index contributed by atoms with van der Waals surface area (Å²) in [5, 5.41) is 2.30. The topological polar surface area (TPSA) is 91.7 Å². The fourth-order valence-corrected chi connectivity index (χ4v) is 5.41. The molecule has 1 atom stereocenters. The Morgan fingerprint density at radius 2 is 1.82 bits per heavy atom. The van der Waals surface area contributed by atoms with Gasteiger partial charge in [-0.25, -0.2) is 4.39 Å². The van der Waals surface area contributed by atoms with E-state index < -0.39 is 17.8 Å². The zero-order chi connectivity index (χ0) is 24.0. The third-order valence-corrected chi connectivity index (χ3v) is 7.36. The molecule has 3 aliphatic rings. The fraction of sp³-hybridized carbons (Fsp3) is 0.440. The number of imide groups is 1. The number of nitrogens with one attached hydrogen (secondary N) is 1. The first-order chi connectivity index (χ1) is 16.3. The number of carbonyl (C=O) groups excluding carboxylic acids is 3. The highest BCUT2D eigenvalue weighted by Gasteiger charge is 2.41. The van der Waals surface area contributed by atoms with Crippen LogP contribution in [0.3, 0.4) is 0 Å². The Bertz CT molecular complexity index is 1230. The average Bonchev–Trinajstić information content (AvgIpc) is 3.13. The Hall–Kier alpha value is -3.33. The van der Waals surface area contributed by atoms with E-state index >= 15 is 0 Å². The molecule has 1 N–H and O–H groups in total. The van der Waals surface area contributed by atoms with Gasteiger partial charge in [0, 0.05) is 43.9 Å². The molecule has 0 spiro atoms. The van der Waals surface area contributed by atoms with Gasteiger partial charge in [-0.1, -0.05) is 6.07 Å². The second-order valence-electron chi connectivity index (χ2n) is 9.39. The first-order valence-electron chi connectivity index (χ1n) is 11.7. The molecule has 4 heterocycles. The predicted molar refractivity (Wildman–Crippen MR) is 121 cm³/mol. The zero-order valence-corrected chi connectivity index (χ0v) is 19.1. The molecule has 5 rings (SSSR count). The third kappa shape index (κ3) is 4.04. The molecule has 2 aromatic rings. The zero-order valence-electron chi connectivity index (χ0n) is 19.1. The van der Waals surface area contributed by atoms with E-state index in [9.17, 15) is 23.6 Å². The van der Waals surface area contributed by atoms with Crippen molar-refractivity contribution in [2.75, 3.05) is 13.1 Å². The van der Waals surface area contributed by atoms with E-state index in [0.717, 1.165) is 42.8 Å². The Labute approximate surface area is 196 Å². The molecule has 1 unspecified atom stereocenters. The standard InChI is InChI=1S/C25H27FN4O4/c1-28-17(3-2-4-23(28)32)13-29-9-7-15(8-10-29)18-11-16(26)12-19-20(18)14-30(25(19)34)21-5-6-22(31)27-24(21)33/h2-4,11-12,15,21H,5-10,13-14H2,1H3,(H,27,31,33). The number of benzene rings is 1. The van der Waals surface area contributed by atoms with Crippen LogP contribution in [0.2, 0.25) is 0 Å². The Balaban J connectivity index is 1.32. The maximum Gasteiger partial charge on any atom is 0.255 e. The molecule has 178 valence electrons. The van der Waals surface area contributed by atoms with Crippen molar-refractivity contribution in [2.24, 2.45) is 7.05 Å². The second-order valence-corrected chi connectivity index (χ2v) is 9.39. The molecule has 0 radical (unpaired) electrons. The van der Waals surface area contributed by atoms with E-state index in [4.69, 9.17) is 0 Å². The molecule has 2 saturated heterocycles. The maximum absolute atomic E-state index is 14.6. The van der Waals surface area contributed by atoms with Crippen LogP contribution in [0.5, 0.6) is 0 Å². The summed E-state index contributed by atoms with van der Waals surface area (Å²) in [7, 11) is 1.77. The lowest BCUT2D eigenvalue weighted by atomic mass is 9.85. The summed E-state index contributed by atoms with van der Waals surface area (Å²) in [5.74, 6) is -1.50. The Morgan fingerprint density at radius 1 is 1.06 bits per heavy atom. The molecule has 1 aromatic carbocycles. The number of hydrogen-bond donors (Lipinski definition) is 1. The van der Waals surface area contributed by atoms with E-state index in [1.165, 1.54) is 17.0 Å². The SMILES string of the molecule is Cn1c(CN2CCC(c3cc(F)cc4c3CN(C3CCC(=O)NC3=O)C4=O)CC2)cccc1=O. The van der Waals surface area contributed by atoms with E-state index in [-0.39, 0.29) is 42.7 Å². The minimum Gasteiger partial charge on any atom is -0.322 e. The second kappa shape index (κ2) is 8.79. The number of likely N-dealkylation sites (tertiary alicyclic amines) is 1. The van der Waals surface area contributed by atoms with Gasteiger partial charge < -0.3 is 9.47 Å². The largest absolute Gasteiger partial charge is 0.322 e. The summed E-state index contributed by atoms with van der Waals surface area (Å²) >= 11 is 0. The smallest absolute Gasteiger partial charge is 0.255 e. The predicted octanol–water partition coefficient (Wildman–Crippen LogP) is 1.66. The monoisotopic (exact) mass is 466 g/mol. The number of rotatable bonds is 4. The van der Waals surface area contributed by atoms with Crippen LogP contribution in [-0.4, -0.2) is 51.2 Å². The van der Waals surface area contributed by atoms with Crippen LogP contribution in [0, 0.1) is 5.82 Å². The molecule has 34 heavy (non-hydrogen) atoms. The van der Waals surface area contributed by atoms with Gasteiger partial charge in [-0.2, -0.15) is 0 Å². The third-order valence-electron chi connectivity index (χ3n) is 7.36. The summed E-state index contributed by atoms with van der Waals surface area (Å²) < 4.78 is 16.2. The van der Waals surface area contributed by atoms with Gasteiger partial charge in [-0.3, -0.25) is 29.4 Å². The van der Waals surface area contributed by atoms with Crippen LogP contribution in [0.15, 0.2) is 35.1 Å². The summed E-state index contributed by atoms with van der Waals surface area (Å²) in [4.78, 5) is 52.6. The van der Waals surface area contributed by atoms with E-state index in [1.807, 2.05) is 6.07 Å². The lowest BCUT2D eigenvalue weighted by molar-refractivity contribution is -0.136. The van der Waals surface area contributed by atoms with Gasteiger partial charge in [0.1, 0.15) is 11.9 Å². The highest BCUT2D eigenvalue weighted by molar-refractivity contribution is 6.05. The van der Waals surface area contributed by atoms with Gasteiger partial charge in [0.25, 0.3) is 5.91 Å². The summed E-state index contributed by atoms with van der Waals surface area (Å²) in [6.45, 7) is 2.51.